The minimum atomic E-state index is -0.297. The van der Waals surface area contributed by atoms with Crippen LogP contribution in [0.4, 0.5) is 10.8 Å². The fourth-order valence-electron chi connectivity index (χ4n) is 2.73. The van der Waals surface area contributed by atoms with E-state index in [0.29, 0.717) is 0 Å². The molecular formula is C20H19N5OS3. The Bertz CT molecular complexity index is 1090. The second-order valence-electron chi connectivity index (χ2n) is 6.25. The lowest BCUT2D eigenvalue weighted by atomic mass is 10.2. The summed E-state index contributed by atoms with van der Waals surface area (Å²) in [4.78, 5) is 18.3. The van der Waals surface area contributed by atoms with Crippen molar-refractivity contribution in [3.05, 3.63) is 58.9 Å². The summed E-state index contributed by atoms with van der Waals surface area (Å²) in [6.07, 6.45) is 2.70. The molecule has 29 heavy (non-hydrogen) atoms. The molecule has 0 unspecified atom stereocenters. The third-order valence-corrected chi connectivity index (χ3v) is 7.19. The normalized spacial score (nSPS) is 12.0. The molecule has 0 fully saturated rings. The topological polar surface area (TPSA) is 79.8 Å². The van der Waals surface area contributed by atoms with E-state index in [0.717, 1.165) is 39.0 Å². The first-order valence-corrected chi connectivity index (χ1v) is 11.7. The van der Waals surface area contributed by atoms with E-state index in [1.165, 1.54) is 28.0 Å². The summed E-state index contributed by atoms with van der Waals surface area (Å²) in [7, 11) is 0. The number of rotatable bonds is 8. The second-order valence-corrected chi connectivity index (χ2v) is 9.85. The number of hydrogen-bond donors (Lipinski definition) is 2. The monoisotopic (exact) mass is 441 g/mol. The van der Waals surface area contributed by atoms with E-state index < -0.39 is 0 Å². The predicted molar refractivity (Wildman–Crippen MR) is 122 cm³/mol. The van der Waals surface area contributed by atoms with Gasteiger partial charge in [0, 0.05) is 23.0 Å². The van der Waals surface area contributed by atoms with Gasteiger partial charge in [0.2, 0.25) is 11.0 Å². The van der Waals surface area contributed by atoms with Crippen LogP contribution in [0.15, 0.2) is 58.4 Å². The van der Waals surface area contributed by atoms with Gasteiger partial charge in [-0.3, -0.25) is 9.78 Å². The van der Waals surface area contributed by atoms with E-state index in [1.54, 1.807) is 17.5 Å². The largest absolute Gasteiger partial charge is 0.360 e. The van der Waals surface area contributed by atoms with Crippen molar-refractivity contribution in [2.75, 3.05) is 17.2 Å². The molecule has 9 heteroatoms. The van der Waals surface area contributed by atoms with Crippen LogP contribution < -0.4 is 10.6 Å². The van der Waals surface area contributed by atoms with Crippen molar-refractivity contribution < 1.29 is 4.79 Å². The highest BCUT2D eigenvalue weighted by molar-refractivity contribution is 8.02. The number of anilines is 2. The molecule has 0 aliphatic carbocycles. The van der Waals surface area contributed by atoms with Gasteiger partial charge < -0.3 is 10.6 Å². The maximum absolute atomic E-state index is 12.7. The SMILES string of the molecule is C[C@@H](Sc1nnc(NCCc2cccs2)s1)C(=O)Nc1cccc2ncccc12. The van der Waals surface area contributed by atoms with Gasteiger partial charge in [-0.15, -0.1) is 21.5 Å². The maximum Gasteiger partial charge on any atom is 0.237 e. The number of nitrogens with zero attached hydrogens (tertiary/aromatic N) is 3. The van der Waals surface area contributed by atoms with E-state index in [-0.39, 0.29) is 11.2 Å². The molecule has 0 saturated carbocycles. The van der Waals surface area contributed by atoms with E-state index in [1.807, 2.05) is 37.3 Å². The van der Waals surface area contributed by atoms with Gasteiger partial charge in [0.15, 0.2) is 4.34 Å². The Hall–Kier alpha value is -2.49. The van der Waals surface area contributed by atoms with Gasteiger partial charge >= 0.3 is 0 Å². The number of nitrogens with one attached hydrogen (secondary N) is 2. The third-order valence-electron chi connectivity index (χ3n) is 4.18. The highest BCUT2D eigenvalue weighted by Crippen LogP contribution is 2.30. The molecule has 0 aliphatic rings. The zero-order valence-electron chi connectivity index (χ0n) is 15.7. The zero-order chi connectivity index (χ0) is 20.1. The van der Waals surface area contributed by atoms with E-state index in [2.05, 4.69) is 43.3 Å². The van der Waals surface area contributed by atoms with Crippen LogP contribution in [0.5, 0.6) is 0 Å². The van der Waals surface area contributed by atoms with Gasteiger partial charge in [0.1, 0.15) is 0 Å². The van der Waals surface area contributed by atoms with Crippen molar-refractivity contribution in [3.8, 4) is 0 Å². The Morgan fingerprint density at radius 3 is 2.97 bits per heavy atom. The van der Waals surface area contributed by atoms with Crippen molar-refractivity contribution in [2.45, 2.75) is 22.9 Å². The molecule has 0 saturated heterocycles. The van der Waals surface area contributed by atoms with Gasteiger partial charge in [-0.2, -0.15) is 0 Å². The Balaban J connectivity index is 1.32. The molecule has 0 radical (unpaired) electrons. The van der Waals surface area contributed by atoms with E-state index in [4.69, 9.17) is 0 Å². The Kier molecular flexibility index (Phi) is 6.38. The van der Waals surface area contributed by atoms with Crippen molar-refractivity contribution >= 4 is 62.1 Å². The minimum Gasteiger partial charge on any atom is -0.360 e. The molecule has 148 valence electrons. The quantitative estimate of drug-likeness (QED) is 0.378. The van der Waals surface area contributed by atoms with Gasteiger partial charge in [0.25, 0.3) is 0 Å². The summed E-state index contributed by atoms with van der Waals surface area (Å²) in [6, 6.07) is 13.7. The fourth-order valence-corrected chi connectivity index (χ4v) is 5.36. The number of pyridine rings is 1. The number of fused-ring (bicyclic) bond motifs is 1. The molecule has 1 amide bonds. The molecule has 0 spiro atoms. The number of carbonyl (C=O) groups excluding carboxylic acids is 1. The summed E-state index contributed by atoms with van der Waals surface area (Å²) in [5, 5.41) is 18.1. The highest BCUT2D eigenvalue weighted by Gasteiger charge is 2.18. The van der Waals surface area contributed by atoms with Crippen LogP contribution >= 0.6 is 34.4 Å². The molecule has 3 aromatic heterocycles. The number of aromatic nitrogens is 3. The average Bonchev–Trinajstić information content (AvgIpc) is 3.40. The zero-order valence-corrected chi connectivity index (χ0v) is 18.1. The van der Waals surface area contributed by atoms with Crippen molar-refractivity contribution in [1.82, 2.24) is 15.2 Å². The molecule has 4 rings (SSSR count). The molecule has 6 nitrogen and oxygen atoms in total. The number of thioether (sulfide) groups is 1. The summed E-state index contributed by atoms with van der Waals surface area (Å²) in [6.45, 7) is 2.68. The standard InChI is InChI=1S/C20H19N5OS3/c1-13(18(26)23-17-8-2-7-16-15(17)6-3-10-21-16)28-20-25-24-19(29-20)22-11-9-14-5-4-12-27-14/h2-8,10,12-13H,9,11H2,1H3,(H,22,24)(H,23,26)/t13-/m1/s1. The van der Waals surface area contributed by atoms with Gasteiger partial charge in [-0.25, -0.2) is 0 Å². The van der Waals surface area contributed by atoms with Crippen molar-refractivity contribution in [2.24, 2.45) is 0 Å². The summed E-state index contributed by atoms with van der Waals surface area (Å²) in [5.74, 6) is -0.0752. The summed E-state index contributed by atoms with van der Waals surface area (Å²) < 4.78 is 0.769. The highest BCUT2D eigenvalue weighted by atomic mass is 32.2. The Morgan fingerprint density at radius 2 is 2.10 bits per heavy atom. The van der Waals surface area contributed by atoms with Crippen molar-refractivity contribution in [1.29, 1.82) is 0 Å². The smallest absolute Gasteiger partial charge is 0.237 e. The van der Waals surface area contributed by atoms with Gasteiger partial charge in [0.05, 0.1) is 16.5 Å². The first-order valence-electron chi connectivity index (χ1n) is 9.10. The summed E-state index contributed by atoms with van der Waals surface area (Å²) >= 11 is 4.63. The number of carbonyl (C=O) groups is 1. The molecule has 3 heterocycles. The lowest BCUT2D eigenvalue weighted by molar-refractivity contribution is -0.115. The van der Waals surface area contributed by atoms with Crippen LogP contribution in [0.25, 0.3) is 10.9 Å². The Morgan fingerprint density at radius 1 is 1.17 bits per heavy atom. The number of hydrogen-bond acceptors (Lipinski definition) is 8. The first-order chi connectivity index (χ1) is 14.2. The van der Waals surface area contributed by atoms with Crippen LogP contribution in [0.1, 0.15) is 11.8 Å². The van der Waals surface area contributed by atoms with Crippen LogP contribution in [0.3, 0.4) is 0 Å². The van der Waals surface area contributed by atoms with E-state index in [9.17, 15) is 4.79 Å². The number of amides is 1. The van der Waals surface area contributed by atoms with Gasteiger partial charge in [-0.1, -0.05) is 35.2 Å². The van der Waals surface area contributed by atoms with Crippen LogP contribution in [0.2, 0.25) is 0 Å². The second kappa shape index (κ2) is 9.34. The maximum atomic E-state index is 12.7. The lowest BCUT2D eigenvalue weighted by Gasteiger charge is -2.12. The fraction of sp³-hybridized carbons (Fsp3) is 0.200. The molecule has 1 atom stereocenters. The number of thiophene rings is 1. The summed E-state index contributed by atoms with van der Waals surface area (Å²) in [5.41, 5.74) is 1.62. The average molecular weight is 442 g/mol. The lowest BCUT2D eigenvalue weighted by Crippen LogP contribution is -2.22. The van der Waals surface area contributed by atoms with Crippen molar-refractivity contribution in [3.63, 3.8) is 0 Å². The minimum absolute atomic E-state index is 0.0752. The van der Waals surface area contributed by atoms with Crippen LogP contribution in [0, 0.1) is 0 Å². The van der Waals surface area contributed by atoms with Crippen LogP contribution in [-0.4, -0.2) is 32.9 Å². The molecule has 1 aromatic carbocycles. The first kappa shape index (κ1) is 19.8. The molecule has 2 N–H and O–H groups in total. The van der Waals surface area contributed by atoms with E-state index >= 15 is 0 Å². The molecule has 4 aromatic rings. The molecule has 0 aliphatic heterocycles. The molecule has 0 bridgehead atoms. The van der Waals surface area contributed by atoms with Gasteiger partial charge in [-0.05, 0) is 49.1 Å². The molecular weight excluding hydrogens is 422 g/mol. The predicted octanol–water partition coefficient (Wildman–Crippen LogP) is 4.92. The Labute approximate surface area is 180 Å². The third kappa shape index (κ3) is 5.11. The van der Waals surface area contributed by atoms with Crippen LogP contribution in [-0.2, 0) is 11.2 Å². The number of benzene rings is 1.